The van der Waals surface area contributed by atoms with Gasteiger partial charge in [-0.2, -0.15) is 0 Å². The molecule has 3 heteroatoms. The second kappa shape index (κ2) is 6.38. The van der Waals surface area contributed by atoms with E-state index >= 15 is 0 Å². The van der Waals surface area contributed by atoms with Gasteiger partial charge in [-0.15, -0.1) is 6.58 Å². The van der Waals surface area contributed by atoms with Crippen molar-refractivity contribution in [2.24, 2.45) is 17.8 Å². The van der Waals surface area contributed by atoms with Gasteiger partial charge in [-0.05, 0) is 24.7 Å². The van der Waals surface area contributed by atoms with E-state index in [4.69, 9.17) is 0 Å². The Kier molecular flexibility index (Phi) is 5.13. The van der Waals surface area contributed by atoms with Crippen LogP contribution in [0.25, 0.3) is 0 Å². The molecule has 1 fully saturated rings. The third-order valence-electron chi connectivity index (χ3n) is 2.81. The molecule has 0 amide bonds. The van der Waals surface area contributed by atoms with Gasteiger partial charge in [-0.25, -0.2) is 0 Å². The molecule has 1 aliphatic heterocycles. The van der Waals surface area contributed by atoms with Gasteiger partial charge in [0.15, 0.2) is 0 Å². The minimum Gasteiger partial charge on any atom is -0.393 e. The molecule has 0 aromatic rings. The summed E-state index contributed by atoms with van der Waals surface area (Å²) in [7, 11) is 0. The van der Waals surface area contributed by atoms with Gasteiger partial charge in [0.25, 0.3) is 0 Å². The minimum absolute atomic E-state index is 0.214. The lowest BCUT2D eigenvalue weighted by molar-refractivity contribution is -0.153. The number of carbonyl (C=O) groups excluding carboxylic acids is 2. The Bertz CT molecular complexity index is 328. The zero-order chi connectivity index (χ0) is 12.8. The first-order valence-corrected chi connectivity index (χ1v) is 6.06. The van der Waals surface area contributed by atoms with Gasteiger partial charge in [0.1, 0.15) is 0 Å². The van der Waals surface area contributed by atoms with Crippen molar-refractivity contribution in [2.45, 2.75) is 33.1 Å². The summed E-state index contributed by atoms with van der Waals surface area (Å²) in [4.78, 5) is 22.1. The van der Waals surface area contributed by atoms with Gasteiger partial charge in [0.05, 0.1) is 12.3 Å². The Balaban J connectivity index is 2.40. The van der Waals surface area contributed by atoms with E-state index in [1.807, 2.05) is 12.2 Å². The summed E-state index contributed by atoms with van der Waals surface area (Å²) in [5, 5.41) is 0. The number of rotatable bonds is 6. The number of hydrogen-bond acceptors (Lipinski definition) is 3. The third-order valence-corrected chi connectivity index (χ3v) is 2.81. The second-order valence-corrected chi connectivity index (χ2v) is 4.89. The number of ether oxygens (including phenoxy) is 1. The molecule has 1 rings (SSSR count). The zero-order valence-corrected chi connectivity index (χ0v) is 10.5. The molecule has 1 heterocycles. The predicted octanol–water partition coefficient (Wildman–Crippen LogP) is 2.87. The maximum Gasteiger partial charge on any atom is 0.317 e. The van der Waals surface area contributed by atoms with Crippen LogP contribution >= 0.6 is 0 Å². The van der Waals surface area contributed by atoms with Crippen LogP contribution in [0.3, 0.4) is 0 Å². The largest absolute Gasteiger partial charge is 0.393 e. The maximum atomic E-state index is 11.2. The van der Waals surface area contributed by atoms with Crippen LogP contribution in [0.5, 0.6) is 0 Å². The third kappa shape index (κ3) is 4.55. The lowest BCUT2D eigenvalue weighted by Gasteiger charge is -2.10. The smallest absolute Gasteiger partial charge is 0.317 e. The SMILES string of the molecule is C=CC(C=CCC1CC(=O)OC1=O)CC(C)C. The summed E-state index contributed by atoms with van der Waals surface area (Å²) >= 11 is 0. The molecule has 0 N–H and O–H groups in total. The van der Waals surface area contributed by atoms with Crippen LogP contribution in [0.4, 0.5) is 0 Å². The average molecular weight is 236 g/mol. The molecule has 0 aromatic carbocycles. The Morgan fingerprint density at radius 2 is 2.18 bits per heavy atom. The molecule has 94 valence electrons. The highest BCUT2D eigenvalue weighted by Crippen LogP contribution is 2.21. The van der Waals surface area contributed by atoms with E-state index in [0.29, 0.717) is 18.3 Å². The van der Waals surface area contributed by atoms with Gasteiger partial charge in [0, 0.05) is 0 Å². The number of allylic oxidation sites excluding steroid dienone is 3. The maximum absolute atomic E-state index is 11.2. The van der Waals surface area contributed by atoms with E-state index in [9.17, 15) is 9.59 Å². The second-order valence-electron chi connectivity index (χ2n) is 4.89. The van der Waals surface area contributed by atoms with Gasteiger partial charge in [-0.1, -0.05) is 32.1 Å². The Labute approximate surface area is 103 Å². The summed E-state index contributed by atoms with van der Waals surface area (Å²) in [5.74, 6) is -0.137. The topological polar surface area (TPSA) is 43.4 Å². The number of cyclic esters (lactones) is 2. The van der Waals surface area contributed by atoms with Crippen LogP contribution < -0.4 is 0 Å². The molecule has 0 radical (unpaired) electrons. The van der Waals surface area contributed by atoms with Crippen LogP contribution in [0.2, 0.25) is 0 Å². The Morgan fingerprint density at radius 1 is 1.47 bits per heavy atom. The molecule has 0 aromatic heterocycles. The molecule has 0 spiro atoms. The van der Waals surface area contributed by atoms with Crippen LogP contribution in [0.1, 0.15) is 33.1 Å². The van der Waals surface area contributed by atoms with E-state index in [2.05, 4.69) is 31.2 Å². The molecule has 0 saturated carbocycles. The van der Waals surface area contributed by atoms with Crippen LogP contribution in [0, 0.1) is 17.8 Å². The molecule has 0 aliphatic carbocycles. The van der Waals surface area contributed by atoms with Crippen molar-refractivity contribution >= 4 is 11.9 Å². The molecule has 2 atom stereocenters. The van der Waals surface area contributed by atoms with Gasteiger partial charge in [-0.3, -0.25) is 9.59 Å². The molecule has 1 saturated heterocycles. The first-order chi connectivity index (χ1) is 8.02. The van der Waals surface area contributed by atoms with Crippen molar-refractivity contribution in [3.63, 3.8) is 0 Å². The van der Waals surface area contributed by atoms with Crippen LogP contribution in [-0.4, -0.2) is 11.9 Å². The van der Waals surface area contributed by atoms with Gasteiger partial charge >= 0.3 is 11.9 Å². The molecule has 1 aliphatic rings. The highest BCUT2D eigenvalue weighted by atomic mass is 16.6. The molecule has 2 unspecified atom stereocenters. The summed E-state index contributed by atoms with van der Waals surface area (Å²) < 4.78 is 4.49. The van der Waals surface area contributed by atoms with E-state index in [1.165, 1.54) is 0 Å². The number of carbonyl (C=O) groups is 2. The molecular formula is C14H20O3. The van der Waals surface area contributed by atoms with Gasteiger partial charge < -0.3 is 4.74 Å². The summed E-state index contributed by atoms with van der Waals surface area (Å²) in [6, 6.07) is 0. The summed E-state index contributed by atoms with van der Waals surface area (Å²) in [6.45, 7) is 8.12. The van der Waals surface area contributed by atoms with Crippen molar-refractivity contribution in [3.05, 3.63) is 24.8 Å². The highest BCUT2D eigenvalue weighted by Gasteiger charge is 2.32. The van der Waals surface area contributed by atoms with Crippen molar-refractivity contribution in [3.8, 4) is 0 Å². The summed E-state index contributed by atoms with van der Waals surface area (Å²) in [5.41, 5.74) is 0. The monoisotopic (exact) mass is 236 g/mol. The van der Waals surface area contributed by atoms with Crippen molar-refractivity contribution in [1.82, 2.24) is 0 Å². The summed E-state index contributed by atoms with van der Waals surface area (Å²) in [6.07, 6.45) is 7.77. The fraction of sp³-hybridized carbons (Fsp3) is 0.571. The first kappa shape index (κ1) is 13.7. The minimum atomic E-state index is -0.407. The van der Waals surface area contributed by atoms with E-state index < -0.39 is 11.9 Å². The number of esters is 2. The lowest BCUT2D eigenvalue weighted by Crippen LogP contribution is -2.06. The van der Waals surface area contributed by atoms with Crippen molar-refractivity contribution in [2.75, 3.05) is 0 Å². The quantitative estimate of drug-likeness (QED) is 0.404. The fourth-order valence-corrected chi connectivity index (χ4v) is 1.92. The molecule has 0 bridgehead atoms. The lowest BCUT2D eigenvalue weighted by atomic mass is 9.95. The van der Waals surface area contributed by atoms with Crippen molar-refractivity contribution < 1.29 is 14.3 Å². The van der Waals surface area contributed by atoms with E-state index in [-0.39, 0.29) is 12.3 Å². The van der Waals surface area contributed by atoms with Crippen LogP contribution in [-0.2, 0) is 14.3 Å². The van der Waals surface area contributed by atoms with E-state index in [1.54, 1.807) is 0 Å². The molecule has 17 heavy (non-hydrogen) atoms. The molecule has 3 nitrogen and oxygen atoms in total. The Hall–Kier alpha value is -1.38. The van der Waals surface area contributed by atoms with Gasteiger partial charge in [0.2, 0.25) is 0 Å². The Morgan fingerprint density at radius 3 is 2.65 bits per heavy atom. The standard InChI is InChI=1S/C14H20O3/c1-4-11(8-10(2)3)6-5-7-12-9-13(15)17-14(12)16/h4-6,10-12H,1,7-9H2,2-3H3. The van der Waals surface area contributed by atoms with Crippen molar-refractivity contribution in [1.29, 1.82) is 0 Å². The normalized spacial score (nSPS) is 22.2. The number of hydrogen-bond donors (Lipinski definition) is 0. The van der Waals surface area contributed by atoms with Crippen LogP contribution in [0.15, 0.2) is 24.8 Å². The fourth-order valence-electron chi connectivity index (χ4n) is 1.92. The predicted molar refractivity (Wildman–Crippen MR) is 66.1 cm³/mol. The highest BCUT2D eigenvalue weighted by molar-refractivity contribution is 5.94. The molecular weight excluding hydrogens is 216 g/mol. The zero-order valence-electron chi connectivity index (χ0n) is 10.5. The van der Waals surface area contributed by atoms with E-state index in [0.717, 1.165) is 6.42 Å². The average Bonchev–Trinajstić information content (AvgIpc) is 2.55. The first-order valence-electron chi connectivity index (χ1n) is 6.06.